The Kier molecular flexibility index (Phi) is 7.66. The molecule has 1 saturated heterocycles. The maximum Gasteiger partial charge on any atom is 0.253 e. The van der Waals surface area contributed by atoms with Gasteiger partial charge in [-0.3, -0.25) is 9.59 Å². The maximum absolute atomic E-state index is 12.6. The van der Waals surface area contributed by atoms with Gasteiger partial charge in [0.1, 0.15) is 0 Å². The Morgan fingerprint density at radius 1 is 1.11 bits per heavy atom. The second kappa shape index (κ2) is 10.4. The monoisotopic (exact) mass is 383 g/mol. The number of likely N-dealkylation sites (tertiary alicyclic amines) is 1. The Bertz CT molecular complexity index is 688. The van der Waals surface area contributed by atoms with Gasteiger partial charge in [0.15, 0.2) is 0 Å². The fourth-order valence-electron chi connectivity index (χ4n) is 3.88. The average Bonchev–Trinajstić information content (AvgIpc) is 2.73. The first kappa shape index (κ1) is 20.6. The van der Waals surface area contributed by atoms with E-state index >= 15 is 0 Å². The molecule has 0 saturated carbocycles. The van der Waals surface area contributed by atoms with Gasteiger partial charge in [0.2, 0.25) is 5.91 Å². The van der Waals surface area contributed by atoms with Crippen LogP contribution in [-0.2, 0) is 4.79 Å². The van der Waals surface area contributed by atoms with Crippen molar-refractivity contribution < 1.29 is 9.59 Å². The number of rotatable bonds is 7. The predicted octanol–water partition coefficient (Wildman–Crippen LogP) is 3.98. The van der Waals surface area contributed by atoms with E-state index in [1.807, 2.05) is 17.0 Å². The van der Waals surface area contributed by atoms with Crippen LogP contribution in [0.4, 0.5) is 5.69 Å². The molecule has 5 nitrogen and oxygen atoms in total. The van der Waals surface area contributed by atoms with E-state index in [9.17, 15) is 9.59 Å². The molecule has 1 aromatic carbocycles. The van der Waals surface area contributed by atoms with Crippen LogP contribution in [0.25, 0.3) is 0 Å². The molecular weight excluding hydrogens is 350 g/mol. The standard InChI is InChI=1S/C23H33N3O2/c1-18-12-15-26(16-13-18)23(28)20-7-9-21(10-8-20)25-22(27)17-24-14-11-19-5-3-2-4-6-19/h5,7-10,18,24H,2-4,6,11-17H2,1H3,(H,25,27). The molecule has 1 heterocycles. The highest BCUT2D eigenvalue weighted by Gasteiger charge is 2.21. The minimum absolute atomic E-state index is 0.0540. The molecule has 3 rings (SSSR count). The van der Waals surface area contributed by atoms with Crippen LogP contribution in [-0.4, -0.2) is 42.9 Å². The summed E-state index contributed by atoms with van der Waals surface area (Å²) in [6, 6.07) is 7.23. The van der Waals surface area contributed by atoms with Crippen molar-refractivity contribution in [1.29, 1.82) is 0 Å². The van der Waals surface area contributed by atoms with E-state index in [2.05, 4.69) is 23.6 Å². The van der Waals surface area contributed by atoms with Crippen LogP contribution in [0.3, 0.4) is 0 Å². The van der Waals surface area contributed by atoms with Gasteiger partial charge in [-0.1, -0.05) is 18.6 Å². The van der Waals surface area contributed by atoms with Crippen molar-refractivity contribution in [2.75, 3.05) is 31.5 Å². The molecule has 0 bridgehead atoms. The summed E-state index contributed by atoms with van der Waals surface area (Å²) in [5.41, 5.74) is 2.93. The molecule has 152 valence electrons. The molecule has 0 unspecified atom stereocenters. The van der Waals surface area contributed by atoms with Gasteiger partial charge in [0.05, 0.1) is 6.54 Å². The van der Waals surface area contributed by atoms with Crippen LogP contribution in [0, 0.1) is 5.92 Å². The molecule has 2 aliphatic rings. The number of allylic oxidation sites excluding steroid dienone is 1. The summed E-state index contributed by atoms with van der Waals surface area (Å²) in [6.07, 6.45) is 10.5. The van der Waals surface area contributed by atoms with E-state index in [4.69, 9.17) is 0 Å². The Balaban J connectivity index is 1.39. The zero-order chi connectivity index (χ0) is 19.8. The van der Waals surface area contributed by atoms with Crippen molar-refractivity contribution >= 4 is 17.5 Å². The molecule has 2 N–H and O–H groups in total. The van der Waals surface area contributed by atoms with Crippen LogP contribution in [0.2, 0.25) is 0 Å². The molecule has 0 aromatic heterocycles. The highest BCUT2D eigenvalue weighted by atomic mass is 16.2. The van der Waals surface area contributed by atoms with Crippen molar-refractivity contribution in [2.24, 2.45) is 5.92 Å². The quantitative estimate of drug-likeness (QED) is 0.553. The number of piperidine rings is 1. The van der Waals surface area contributed by atoms with Gasteiger partial charge in [0.25, 0.3) is 5.91 Å². The first-order valence-corrected chi connectivity index (χ1v) is 10.7. The lowest BCUT2D eigenvalue weighted by Gasteiger charge is -2.30. The Morgan fingerprint density at radius 2 is 1.86 bits per heavy atom. The van der Waals surface area contributed by atoms with Crippen molar-refractivity contribution in [3.05, 3.63) is 41.5 Å². The molecule has 0 spiro atoms. The third-order valence-electron chi connectivity index (χ3n) is 5.78. The van der Waals surface area contributed by atoms with E-state index in [1.54, 1.807) is 12.1 Å². The topological polar surface area (TPSA) is 61.4 Å². The van der Waals surface area contributed by atoms with Crippen LogP contribution in [0.1, 0.15) is 62.2 Å². The summed E-state index contributed by atoms with van der Waals surface area (Å²) in [5, 5.41) is 6.11. The van der Waals surface area contributed by atoms with E-state index < -0.39 is 0 Å². The van der Waals surface area contributed by atoms with Gasteiger partial charge in [-0.25, -0.2) is 0 Å². The average molecular weight is 384 g/mol. The lowest BCUT2D eigenvalue weighted by Crippen LogP contribution is -2.37. The maximum atomic E-state index is 12.6. The van der Waals surface area contributed by atoms with Crippen molar-refractivity contribution in [3.63, 3.8) is 0 Å². The summed E-state index contributed by atoms with van der Waals surface area (Å²) in [7, 11) is 0. The second-order valence-electron chi connectivity index (χ2n) is 8.14. The molecular formula is C23H33N3O2. The second-order valence-corrected chi connectivity index (χ2v) is 8.14. The van der Waals surface area contributed by atoms with Gasteiger partial charge in [0, 0.05) is 24.3 Å². The van der Waals surface area contributed by atoms with Crippen molar-refractivity contribution in [2.45, 2.75) is 51.9 Å². The Morgan fingerprint density at radius 3 is 2.54 bits per heavy atom. The first-order chi connectivity index (χ1) is 13.6. The Hall–Kier alpha value is -2.14. The van der Waals surface area contributed by atoms with Gasteiger partial charge in [-0.15, -0.1) is 0 Å². The molecule has 0 atom stereocenters. The van der Waals surface area contributed by atoms with Gasteiger partial charge < -0.3 is 15.5 Å². The Labute approximate surface area is 168 Å². The lowest BCUT2D eigenvalue weighted by molar-refractivity contribution is -0.115. The number of hydrogen-bond acceptors (Lipinski definition) is 3. The molecule has 2 amide bonds. The van der Waals surface area contributed by atoms with Crippen LogP contribution >= 0.6 is 0 Å². The number of carbonyl (C=O) groups is 2. The summed E-state index contributed by atoms with van der Waals surface area (Å²) in [6.45, 7) is 5.05. The van der Waals surface area contributed by atoms with E-state index in [-0.39, 0.29) is 11.8 Å². The SMILES string of the molecule is CC1CCN(C(=O)c2ccc(NC(=O)CNCCC3=CCCCC3)cc2)CC1. The third-order valence-corrected chi connectivity index (χ3v) is 5.78. The highest BCUT2D eigenvalue weighted by molar-refractivity contribution is 5.96. The number of benzene rings is 1. The van der Waals surface area contributed by atoms with E-state index in [1.165, 1.54) is 31.3 Å². The molecule has 1 aliphatic carbocycles. The van der Waals surface area contributed by atoms with Gasteiger partial charge >= 0.3 is 0 Å². The number of anilines is 1. The fourth-order valence-corrected chi connectivity index (χ4v) is 3.88. The molecule has 5 heteroatoms. The zero-order valence-electron chi connectivity index (χ0n) is 17.0. The molecule has 1 fully saturated rings. The van der Waals surface area contributed by atoms with Crippen molar-refractivity contribution in [3.8, 4) is 0 Å². The minimum atomic E-state index is -0.0540. The fraction of sp³-hybridized carbons (Fsp3) is 0.565. The van der Waals surface area contributed by atoms with Crippen molar-refractivity contribution in [1.82, 2.24) is 10.2 Å². The summed E-state index contributed by atoms with van der Waals surface area (Å²) in [5.74, 6) is 0.736. The number of amides is 2. The number of carbonyl (C=O) groups excluding carboxylic acids is 2. The zero-order valence-corrected chi connectivity index (χ0v) is 17.0. The van der Waals surface area contributed by atoms with Gasteiger partial charge in [-0.05, 0) is 81.7 Å². The molecule has 1 aliphatic heterocycles. The molecule has 28 heavy (non-hydrogen) atoms. The molecule has 1 aromatic rings. The van der Waals surface area contributed by atoms with Crippen LogP contribution < -0.4 is 10.6 Å². The van der Waals surface area contributed by atoms with Gasteiger partial charge in [-0.2, -0.15) is 0 Å². The summed E-state index contributed by atoms with van der Waals surface area (Å²) >= 11 is 0. The summed E-state index contributed by atoms with van der Waals surface area (Å²) < 4.78 is 0. The largest absolute Gasteiger partial charge is 0.339 e. The lowest BCUT2D eigenvalue weighted by atomic mass is 9.97. The molecule has 0 radical (unpaired) electrons. The normalized spacial score (nSPS) is 17.9. The summed E-state index contributed by atoms with van der Waals surface area (Å²) in [4.78, 5) is 26.6. The predicted molar refractivity (Wildman–Crippen MR) is 113 cm³/mol. The highest BCUT2D eigenvalue weighted by Crippen LogP contribution is 2.20. The van der Waals surface area contributed by atoms with E-state index in [0.29, 0.717) is 18.0 Å². The first-order valence-electron chi connectivity index (χ1n) is 10.7. The smallest absolute Gasteiger partial charge is 0.253 e. The number of nitrogens with zero attached hydrogens (tertiary/aromatic N) is 1. The van der Waals surface area contributed by atoms with E-state index in [0.717, 1.165) is 44.6 Å². The van der Waals surface area contributed by atoms with Crippen LogP contribution in [0.15, 0.2) is 35.9 Å². The van der Waals surface area contributed by atoms with Crippen LogP contribution in [0.5, 0.6) is 0 Å². The third kappa shape index (κ3) is 6.20. The minimum Gasteiger partial charge on any atom is -0.339 e. The number of nitrogens with one attached hydrogen (secondary N) is 2. The number of hydrogen-bond donors (Lipinski definition) is 2.